The molecule has 1 atom stereocenters. The number of nitrogens with zero attached hydrogens (tertiary/aromatic N) is 2. The number of sulfone groups is 1. The summed E-state index contributed by atoms with van der Waals surface area (Å²) in [5.74, 6) is -0.945. The van der Waals surface area contributed by atoms with Crippen LogP contribution in [0.15, 0.2) is 23.2 Å². The maximum atomic E-state index is 13.3. The smallest absolute Gasteiger partial charge is 0.220 e. The number of Topliss-reactive ketones (excluding diaryl/α,β-unsaturated/α-hetero) is 1. The van der Waals surface area contributed by atoms with Gasteiger partial charge in [0.05, 0.1) is 11.1 Å². The van der Waals surface area contributed by atoms with Gasteiger partial charge in [0, 0.05) is 11.6 Å². The zero-order valence-corrected chi connectivity index (χ0v) is 16.6. The van der Waals surface area contributed by atoms with Crippen molar-refractivity contribution in [2.75, 3.05) is 0 Å². The van der Waals surface area contributed by atoms with E-state index < -0.39 is 26.3 Å². The number of halogens is 1. The SMILES string of the molecule is CCn1ncc(C(=O)C2CC(C)(C)c3c(Cl)ccc(C)c3S2(=O)=O)c1O. The van der Waals surface area contributed by atoms with Crippen molar-refractivity contribution in [1.82, 2.24) is 9.78 Å². The summed E-state index contributed by atoms with van der Waals surface area (Å²) in [7, 11) is -3.95. The quantitative estimate of drug-likeness (QED) is 0.804. The second-order valence-electron chi connectivity index (χ2n) is 7.25. The molecule has 0 amide bonds. The lowest BCUT2D eigenvalue weighted by Crippen LogP contribution is -2.42. The molecule has 140 valence electrons. The van der Waals surface area contributed by atoms with Crippen LogP contribution in [0.5, 0.6) is 5.88 Å². The van der Waals surface area contributed by atoms with Crippen molar-refractivity contribution < 1.29 is 18.3 Å². The van der Waals surface area contributed by atoms with Gasteiger partial charge in [-0.15, -0.1) is 0 Å². The van der Waals surface area contributed by atoms with Gasteiger partial charge in [0.25, 0.3) is 0 Å². The van der Waals surface area contributed by atoms with Gasteiger partial charge in [0.1, 0.15) is 10.8 Å². The molecule has 2 aromatic rings. The summed E-state index contributed by atoms with van der Waals surface area (Å²) in [6.07, 6.45) is 1.31. The van der Waals surface area contributed by atoms with Crippen molar-refractivity contribution in [1.29, 1.82) is 0 Å². The van der Waals surface area contributed by atoms with Crippen molar-refractivity contribution in [3.63, 3.8) is 0 Å². The van der Waals surface area contributed by atoms with E-state index in [1.807, 2.05) is 13.8 Å². The number of fused-ring (bicyclic) bond motifs is 1. The van der Waals surface area contributed by atoms with E-state index >= 15 is 0 Å². The zero-order chi connectivity index (χ0) is 19.4. The number of ketones is 1. The summed E-state index contributed by atoms with van der Waals surface area (Å²) in [6.45, 7) is 7.59. The maximum absolute atomic E-state index is 13.3. The number of benzene rings is 1. The number of aromatic hydroxyl groups is 1. The molecule has 0 spiro atoms. The second-order valence-corrected chi connectivity index (χ2v) is 9.73. The van der Waals surface area contributed by atoms with Crippen LogP contribution in [0.4, 0.5) is 0 Å². The summed E-state index contributed by atoms with van der Waals surface area (Å²) in [5.41, 5.74) is 0.431. The molecule has 0 saturated carbocycles. The molecule has 1 unspecified atom stereocenters. The van der Waals surface area contributed by atoms with Crippen LogP contribution in [0.3, 0.4) is 0 Å². The van der Waals surface area contributed by atoms with E-state index in [4.69, 9.17) is 11.6 Å². The third-order valence-corrected chi connectivity index (χ3v) is 7.54. The lowest BCUT2D eigenvalue weighted by atomic mass is 9.78. The molecule has 1 aliphatic heterocycles. The van der Waals surface area contributed by atoms with E-state index in [9.17, 15) is 18.3 Å². The highest BCUT2D eigenvalue weighted by Crippen LogP contribution is 2.47. The fourth-order valence-electron chi connectivity index (χ4n) is 3.67. The van der Waals surface area contributed by atoms with Crippen molar-refractivity contribution in [3.05, 3.63) is 40.0 Å². The normalized spacial score (nSPS) is 20.6. The first-order valence-electron chi connectivity index (χ1n) is 8.34. The number of hydrogen-bond donors (Lipinski definition) is 1. The summed E-state index contributed by atoms with van der Waals surface area (Å²) < 4.78 is 27.8. The fraction of sp³-hybridized carbons (Fsp3) is 0.444. The Bertz CT molecular complexity index is 1010. The minimum absolute atomic E-state index is 0.0700. The first-order valence-corrected chi connectivity index (χ1v) is 10.3. The van der Waals surface area contributed by atoms with Crippen LogP contribution < -0.4 is 0 Å². The van der Waals surface area contributed by atoms with E-state index in [-0.39, 0.29) is 22.8 Å². The molecule has 1 aromatic carbocycles. The van der Waals surface area contributed by atoms with Gasteiger partial charge >= 0.3 is 0 Å². The molecule has 0 radical (unpaired) electrons. The summed E-state index contributed by atoms with van der Waals surface area (Å²) in [5, 5.41) is 13.2. The summed E-state index contributed by atoms with van der Waals surface area (Å²) >= 11 is 6.31. The highest BCUT2D eigenvalue weighted by atomic mass is 35.5. The first-order chi connectivity index (χ1) is 12.0. The highest BCUT2D eigenvalue weighted by molar-refractivity contribution is 7.93. The van der Waals surface area contributed by atoms with E-state index in [1.54, 1.807) is 26.0 Å². The average molecular weight is 397 g/mol. The molecule has 0 fully saturated rings. The minimum Gasteiger partial charge on any atom is -0.493 e. The van der Waals surface area contributed by atoms with E-state index in [0.29, 0.717) is 22.7 Å². The lowest BCUT2D eigenvalue weighted by Gasteiger charge is -2.37. The summed E-state index contributed by atoms with van der Waals surface area (Å²) in [6, 6.07) is 3.33. The van der Waals surface area contributed by atoms with Gasteiger partial charge in [-0.25, -0.2) is 13.1 Å². The van der Waals surface area contributed by atoms with Gasteiger partial charge in [-0.05, 0) is 42.9 Å². The molecule has 1 aliphatic rings. The molecular weight excluding hydrogens is 376 g/mol. The zero-order valence-electron chi connectivity index (χ0n) is 15.1. The molecule has 0 aliphatic carbocycles. The van der Waals surface area contributed by atoms with Crippen LogP contribution in [0.1, 0.15) is 48.7 Å². The Hall–Kier alpha value is -1.86. The van der Waals surface area contributed by atoms with E-state index in [2.05, 4.69) is 5.10 Å². The number of hydrogen-bond acceptors (Lipinski definition) is 5. The van der Waals surface area contributed by atoms with Crippen LogP contribution in [0.2, 0.25) is 5.02 Å². The van der Waals surface area contributed by atoms with Gasteiger partial charge in [-0.2, -0.15) is 5.10 Å². The maximum Gasteiger partial charge on any atom is 0.220 e. The van der Waals surface area contributed by atoms with Crippen molar-refractivity contribution in [3.8, 4) is 5.88 Å². The highest BCUT2D eigenvalue weighted by Gasteiger charge is 2.48. The summed E-state index contributed by atoms with van der Waals surface area (Å²) in [4.78, 5) is 13.2. The van der Waals surface area contributed by atoms with Crippen LogP contribution >= 0.6 is 11.6 Å². The van der Waals surface area contributed by atoms with Crippen LogP contribution in [-0.2, 0) is 21.8 Å². The monoisotopic (exact) mass is 396 g/mol. The van der Waals surface area contributed by atoms with Crippen LogP contribution in [0.25, 0.3) is 0 Å². The number of carbonyl (C=O) groups excluding carboxylic acids is 1. The molecule has 8 heteroatoms. The topological polar surface area (TPSA) is 89.3 Å². The van der Waals surface area contributed by atoms with Gasteiger partial charge in [0.2, 0.25) is 5.88 Å². The number of rotatable bonds is 3. The molecule has 1 aromatic heterocycles. The van der Waals surface area contributed by atoms with Crippen molar-refractivity contribution >= 4 is 27.2 Å². The predicted molar refractivity (Wildman–Crippen MR) is 98.7 cm³/mol. The Morgan fingerprint density at radius 3 is 2.65 bits per heavy atom. The van der Waals surface area contributed by atoms with Gasteiger partial charge in [-0.1, -0.05) is 31.5 Å². The first kappa shape index (κ1) is 18.9. The Kier molecular flexibility index (Phi) is 4.43. The number of aromatic nitrogens is 2. The van der Waals surface area contributed by atoms with Crippen molar-refractivity contribution in [2.24, 2.45) is 0 Å². The third kappa shape index (κ3) is 2.65. The second kappa shape index (κ2) is 6.09. The molecule has 6 nitrogen and oxygen atoms in total. The molecular formula is C18H21ClN2O4S. The lowest BCUT2D eigenvalue weighted by molar-refractivity contribution is 0.0971. The van der Waals surface area contributed by atoms with Gasteiger partial charge < -0.3 is 5.11 Å². The largest absolute Gasteiger partial charge is 0.493 e. The van der Waals surface area contributed by atoms with Crippen LogP contribution in [0, 0.1) is 6.92 Å². The minimum atomic E-state index is -3.95. The molecule has 26 heavy (non-hydrogen) atoms. The van der Waals surface area contributed by atoms with E-state index in [0.717, 1.165) is 0 Å². The molecule has 2 heterocycles. The molecule has 0 bridgehead atoms. The van der Waals surface area contributed by atoms with Crippen LogP contribution in [-0.4, -0.2) is 34.3 Å². The Morgan fingerprint density at radius 1 is 1.42 bits per heavy atom. The molecule has 3 rings (SSSR count). The van der Waals surface area contributed by atoms with Crippen molar-refractivity contribution in [2.45, 2.75) is 56.2 Å². The Morgan fingerprint density at radius 2 is 2.08 bits per heavy atom. The number of carbonyl (C=O) groups is 1. The number of aryl methyl sites for hydroxylation is 2. The Balaban J connectivity index is 2.20. The molecule has 0 saturated heterocycles. The van der Waals surface area contributed by atoms with Gasteiger partial charge in [0.15, 0.2) is 15.6 Å². The standard InChI is InChI=1S/C18H21ClN2O4S/c1-5-21-17(23)11(9-20-21)15(22)13-8-18(3,4)14-12(19)7-6-10(2)16(14)26(13,24)25/h6-7,9,13,23H,5,8H2,1-4H3. The van der Waals surface area contributed by atoms with Gasteiger partial charge in [-0.3, -0.25) is 4.79 Å². The third-order valence-electron chi connectivity index (χ3n) is 5.00. The Labute approximate surface area is 157 Å². The molecule has 1 N–H and O–H groups in total. The predicted octanol–water partition coefficient (Wildman–Crippen LogP) is 3.28. The average Bonchev–Trinajstić information content (AvgIpc) is 2.93. The fourth-order valence-corrected chi connectivity index (χ4v) is 6.66. The van der Waals surface area contributed by atoms with E-state index in [1.165, 1.54) is 10.9 Å².